The summed E-state index contributed by atoms with van der Waals surface area (Å²) in [6.07, 6.45) is 4.22. The molecule has 0 heterocycles. The summed E-state index contributed by atoms with van der Waals surface area (Å²) in [5.74, 6) is 0.0952. The van der Waals surface area contributed by atoms with Crippen LogP contribution in [0.1, 0.15) is 50.2 Å². The maximum Gasteiger partial charge on any atom is 0.235 e. The number of nitriles is 1. The second-order valence-corrected chi connectivity index (χ2v) is 6.92. The first-order valence-corrected chi connectivity index (χ1v) is 9.33. The molecule has 1 aliphatic carbocycles. The number of rotatable bonds is 6. The van der Waals surface area contributed by atoms with E-state index in [2.05, 4.69) is 11.4 Å². The molecule has 0 saturated heterocycles. The molecular formula is C22H23FN2O2. The zero-order valence-corrected chi connectivity index (χ0v) is 15.4. The third-order valence-electron chi connectivity index (χ3n) is 5.11. The molecule has 0 atom stereocenters. The number of nitrogens with one attached hydrogen (secondary N) is 1. The number of amides is 1. The van der Waals surface area contributed by atoms with Crippen molar-refractivity contribution >= 4 is 11.6 Å². The van der Waals surface area contributed by atoms with E-state index in [9.17, 15) is 14.4 Å². The summed E-state index contributed by atoms with van der Waals surface area (Å²) in [6.45, 7) is 2.53. The van der Waals surface area contributed by atoms with Crippen LogP contribution in [-0.4, -0.2) is 12.5 Å². The van der Waals surface area contributed by atoms with Gasteiger partial charge in [-0.3, -0.25) is 4.79 Å². The average Bonchev–Trinajstić information content (AvgIpc) is 3.18. The van der Waals surface area contributed by atoms with Gasteiger partial charge in [-0.1, -0.05) is 31.9 Å². The molecule has 1 aliphatic rings. The highest BCUT2D eigenvalue weighted by molar-refractivity contribution is 5.99. The van der Waals surface area contributed by atoms with Gasteiger partial charge in [0.1, 0.15) is 17.6 Å². The first-order valence-electron chi connectivity index (χ1n) is 9.33. The molecule has 3 rings (SSSR count). The normalized spacial score (nSPS) is 15.1. The molecule has 0 unspecified atom stereocenters. The van der Waals surface area contributed by atoms with E-state index >= 15 is 0 Å². The molecule has 0 aliphatic heterocycles. The fourth-order valence-corrected chi connectivity index (χ4v) is 3.68. The SMILES string of the molecule is CCCOc1ccc(NC(=O)C2(c3ccc(F)cc3)CCCC2)cc1C#N. The van der Waals surface area contributed by atoms with Crippen molar-refractivity contribution in [3.63, 3.8) is 0 Å². The van der Waals surface area contributed by atoms with E-state index in [1.54, 1.807) is 30.3 Å². The lowest BCUT2D eigenvalue weighted by molar-refractivity contribution is -0.121. The van der Waals surface area contributed by atoms with Crippen molar-refractivity contribution in [2.24, 2.45) is 0 Å². The fourth-order valence-electron chi connectivity index (χ4n) is 3.68. The average molecular weight is 366 g/mol. The van der Waals surface area contributed by atoms with Gasteiger partial charge in [0.2, 0.25) is 5.91 Å². The lowest BCUT2D eigenvalue weighted by Gasteiger charge is -2.28. The lowest BCUT2D eigenvalue weighted by Crippen LogP contribution is -2.38. The van der Waals surface area contributed by atoms with E-state index < -0.39 is 5.41 Å². The summed E-state index contributed by atoms with van der Waals surface area (Å²) in [5, 5.41) is 12.3. The largest absolute Gasteiger partial charge is 0.492 e. The topological polar surface area (TPSA) is 62.1 Å². The van der Waals surface area contributed by atoms with E-state index in [4.69, 9.17) is 4.74 Å². The first kappa shape index (κ1) is 18.9. The van der Waals surface area contributed by atoms with Gasteiger partial charge in [-0.05, 0) is 55.2 Å². The number of hydrogen-bond donors (Lipinski definition) is 1. The maximum absolute atomic E-state index is 13.3. The van der Waals surface area contributed by atoms with Gasteiger partial charge >= 0.3 is 0 Å². The van der Waals surface area contributed by atoms with E-state index in [0.29, 0.717) is 23.6 Å². The highest BCUT2D eigenvalue weighted by Crippen LogP contribution is 2.42. The molecule has 0 spiro atoms. The number of benzene rings is 2. The van der Waals surface area contributed by atoms with Gasteiger partial charge < -0.3 is 10.1 Å². The first-order chi connectivity index (χ1) is 13.1. The number of anilines is 1. The summed E-state index contributed by atoms with van der Waals surface area (Å²) in [6, 6.07) is 13.4. The Balaban J connectivity index is 1.84. The summed E-state index contributed by atoms with van der Waals surface area (Å²) in [5.41, 5.74) is 1.14. The third kappa shape index (κ3) is 3.95. The zero-order chi connectivity index (χ0) is 19.3. The number of carbonyl (C=O) groups excluding carboxylic acids is 1. The molecular weight excluding hydrogens is 343 g/mol. The predicted octanol–water partition coefficient (Wildman–Crippen LogP) is 4.94. The minimum atomic E-state index is -0.655. The van der Waals surface area contributed by atoms with Crippen molar-refractivity contribution in [1.29, 1.82) is 5.26 Å². The smallest absolute Gasteiger partial charge is 0.235 e. The predicted molar refractivity (Wildman–Crippen MR) is 102 cm³/mol. The van der Waals surface area contributed by atoms with Crippen LogP contribution in [-0.2, 0) is 10.2 Å². The van der Waals surface area contributed by atoms with Crippen molar-refractivity contribution in [2.75, 3.05) is 11.9 Å². The molecule has 1 amide bonds. The number of nitrogens with zero attached hydrogens (tertiary/aromatic N) is 1. The number of hydrogen-bond acceptors (Lipinski definition) is 3. The molecule has 27 heavy (non-hydrogen) atoms. The molecule has 5 heteroatoms. The molecule has 0 radical (unpaired) electrons. The van der Waals surface area contributed by atoms with E-state index in [1.807, 2.05) is 6.92 Å². The van der Waals surface area contributed by atoms with Gasteiger partial charge in [0.05, 0.1) is 17.6 Å². The lowest BCUT2D eigenvalue weighted by atomic mass is 9.78. The Bertz CT molecular complexity index is 850. The Morgan fingerprint density at radius 2 is 1.93 bits per heavy atom. The summed E-state index contributed by atoms with van der Waals surface area (Å²) >= 11 is 0. The van der Waals surface area contributed by atoms with Crippen LogP contribution in [0.4, 0.5) is 10.1 Å². The van der Waals surface area contributed by atoms with Gasteiger partial charge in [0, 0.05) is 5.69 Å². The summed E-state index contributed by atoms with van der Waals surface area (Å²) in [7, 11) is 0. The van der Waals surface area contributed by atoms with E-state index in [-0.39, 0.29) is 11.7 Å². The minimum Gasteiger partial charge on any atom is -0.492 e. The molecule has 4 nitrogen and oxygen atoms in total. The fraction of sp³-hybridized carbons (Fsp3) is 0.364. The summed E-state index contributed by atoms with van der Waals surface area (Å²) in [4.78, 5) is 13.2. The quantitative estimate of drug-likeness (QED) is 0.788. The maximum atomic E-state index is 13.3. The third-order valence-corrected chi connectivity index (χ3v) is 5.11. The second kappa shape index (κ2) is 8.22. The summed E-state index contributed by atoms with van der Waals surface area (Å²) < 4.78 is 18.9. The van der Waals surface area contributed by atoms with Crippen LogP contribution in [0.3, 0.4) is 0 Å². The Morgan fingerprint density at radius 1 is 1.22 bits per heavy atom. The highest BCUT2D eigenvalue weighted by Gasteiger charge is 2.42. The molecule has 0 bridgehead atoms. The van der Waals surface area contributed by atoms with Crippen molar-refractivity contribution in [3.8, 4) is 11.8 Å². The van der Waals surface area contributed by atoms with Crippen molar-refractivity contribution < 1.29 is 13.9 Å². The minimum absolute atomic E-state index is 0.113. The van der Waals surface area contributed by atoms with Crippen molar-refractivity contribution in [1.82, 2.24) is 0 Å². The van der Waals surface area contributed by atoms with E-state index in [1.165, 1.54) is 12.1 Å². The monoisotopic (exact) mass is 366 g/mol. The zero-order valence-electron chi connectivity index (χ0n) is 15.4. The van der Waals surface area contributed by atoms with Gasteiger partial charge in [0.25, 0.3) is 0 Å². The van der Waals surface area contributed by atoms with Crippen LogP contribution in [0.2, 0.25) is 0 Å². The van der Waals surface area contributed by atoms with Gasteiger partial charge in [-0.25, -0.2) is 4.39 Å². The Morgan fingerprint density at radius 3 is 2.56 bits per heavy atom. The van der Waals surface area contributed by atoms with Crippen LogP contribution in [0.25, 0.3) is 0 Å². The number of halogens is 1. The van der Waals surface area contributed by atoms with Crippen molar-refractivity contribution in [3.05, 3.63) is 59.4 Å². The van der Waals surface area contributed by atoms with Crippen molar-refractivity contribution in [2.45, 2.75) is 44.4 Å². The Kier molecular flexibility index (Phi) is 5.75. The van der Waals surface area contributed by atoms with Gasteiger partial charge in [-0.2, -0.15) is 5.26 Å². The van der Waals surface area contributed by atoms with E-state index in [0.717, 1.165) is 37.7 Å². The Labute approximate surface area is 159 Å². The number of ether oxygens (including phenoxy) is 1. The Hall–Kier alpha value is -2.87. The number of carbonyl (C=O) groups is 1. The van der Waals surface area contributed by atoms with Crippen LogP contribution < -0.4 is 10.1 Å². The van der Waals surface area contributed by atoms with Crippen LogP contribution in [0.15, 0.2) is 42.5 Å². The second-order valence-electron chi connectivity index (χ2n) is 6.92. The molecule has 140 valence electrons. The molecule has 2 aromatic carbocycles. The standard InChI is InChI=1S/C22H23FN2O2/c1-2-13-27-20-10-9-19(14-16(20)15-24)25-21(26)22(11-3-4-12-22)17-5-7-18(23)8-6-17/h5-10,14H,2-4,11-13H2,1H3,(H,25,26). The molecule has 1 N–H and O–H groups in total. The highest BCUT2D eigenvalue weighted by atomic mass is 19.1. The molecule has 2 aromatic rings. The molecule has 1 saturated carbocycles. The van der Waals surface area contributed by atoms with Gasteiger partial charge in [0.15, 0.2) is 0 Å². The van der Waals surface area contributed by atoms with Gasteiger partial charge in [-0.15, -0.1) is 0 Å². The molecule has 1 fully saturated rings. The van der Waals surface area contributed by atoms with Crippen LogP contribution in [0, 0.1) is 17.1 Å². The van der Waals surface area contributed by atoms with Crippen LogP contribution in [0.5, 0.6) is 5.75 Å². The van der Waals surface area contributed by atoms with Crippen LogP contribution >= 0.6 is 0 Å². The molecule has 0 aromatic heterocycles.